The van der Waals surface area contributed by atoms with Gasteiger partial charge in [0.25, 0.3) is 5.91 Å². The predicted molar refractivity (Wildman–Crippen MR) is 109 cm³/mol. The minimum Gasteiger partial charge on any atom is -0.348 e. The summed E-state index contributed by atoms with van der Waals surface area (Å²) in [6, 6.07) is 3.91. The van der Waals surface area contributed by atoms with Crippen LogP contribution in [-0.2, 0) is 0 Å². The molecule has 0 radical (unpaired) electrons. The molecule has 2 aromatic heterocycles. The Morgan fingerprint density at radius 2 is 1.48 bits per heavy atom. The normalized spacial score (nSPS) is 17.7. The van der Waals surface area contributed by atoms with Crippen LogP contribution in [0.5, 0.6) is 0 Å². The van der Waals surface area contributed by atoms with Gasteiger partial charge in [-0.25, -0.2) is 4.98 Å². The second kappa shape index (κ2) is 10.5. The quantitative estimate of drug-likeness (QED) is 0.751. The third kappa shape index (κ3) is 6.13. The van der Waals surface area contributed by atoms with Gasteiger partial charge in [0.15, 0.2) is 0 Å². The van der Waals surface area contributed by atoms with Crippen LogP contribution in [0.15, 0.2) is 29.3 Å². The average molecular weight is 434 g/mol. The zero-order valence-electron chi connectivity index (χ0n) is 15.7. The van der Waals surface area contributed by atoms with E-state index in [2.05, 4.69) is 36.4 Å². The van der Waals surface area contributed by atoms with Gasteiger partial charge in [0, 0.05) is 10.5 Å². The summed E-state index contributed by atoms with van der Waals surface area (Å²) in [5, 5.41) is 10.8. The van der Waals surface area contributed by atoms with Gasteiger partial charge in [0.05, 0.1) is 0 Å². The molecule has 1 amide bonds. The lowest BCUT2D eigenvalue weighted by atomic mass is 9.98. The third-order valence-corrected chi connectivity index (χ3v) is 5.81. The number of aromatic nitrogens is 4. The van der Waals surface area contributed by atoms with Gasteiger partial charge in [-0.05, 0) is 40.9 Å². The van der Waals surface area contributed by atoms with Crippen molar-refractivity contribution in [3.8, 4) is 5.82 Å². The molecule has 27 heavy (non-hydrogen) atoms. The number of hydrogen-bond donors (Lipinski definition) is 1. The van der Waals surface area contributed by atoms with E-state index in [0.717, 1.165) is 12.8 Å². The van der Waals surface area contributed by atoms with Crippen molar-refractivity contribution < 1.29 is 4.79 Å². The monoisotopic (exact) mass is 433 g/mol. The molecule has 0 atom stereocenters. The number of halogens is 1. The maximum Gasteiger partial charge on any atom is 0.271 e. The largest absolute Gasteiger partial charge is 0.348 e. The molecule has 0 aromatic carbocycles. The summed E-state index contributed by atoms with van der Waals surface area (Å²) in [4.78, 5) is 17.4. The van der Waals surface area contributed by atoms with Crippen molar-refractivity contribution in [1.29, 1.82) is 0 Å². The number of rotatable bonds is 3. The van der Waals surface area contributed by atoms with Gasteiger partial charge in [0.2, 0.25) is 0 Å². The SMILES string of the molecule is O=C(NC1CCCCCCCCCCC1)c1nc(-n2cnnc2)ccc1Br. The summed E-state index contributed by atoms with van der Waals surface area (Å²) < 4.78 is 2.39. The average Bonchev–Trinajstić information content (AvgIpc) is 3.19. The number of hydrogen-bond acceptors (Lipinski definition) is 4. The fourth-order valence-electron chi connectivity index (χ4n) is 3.62. The second-order valence-corrected chi connectivity index (χ2v) is 8.15. The molecular weight excluding hydrogens is 406 g/mol. The fourth-order valence-corrected chi connectivity index (χ4v) is 4.02. The third-order valence-electron chi connectivity index (χ3n) is 5.17. The van der Waals surface area contributed by atoms with Crippen molar-refractivity contribution in [2.24, 2.45) is 0 Å². The van der Waals surface area contributed by atoms with Gasteiger partial charge in [0.1, 0.15) is 24.2 Å². The Morgan fingerprint density at radius 3 is 2.07 bits per heavy atom. The first kappa shape index (κ1) is 20.0. The molecule has 0 bridgehead atoms. The number of nitrogens with one attached hydrogen (secondary N) is 1. The summed E-state index contributed by atoms with van der Waals surface area (Å²) in [5.41, 5.74) is 0.410. The number of amides is 1. The minimum atomic E-state index is -0.117. The molecule has 2 heterocycles. The van der Waals surface area contributed by atoms with E-state index in [0.29, 0.717) is 16.0 Å². The Labute approximate surface area is 169 Å². The molecule has 1 fully saturated rings. The standard InChI is InChI=1S/C20H28BrN5O/c21-17-12-13-18(26-14-22-23-15-26)25-19(17)20(27)24-16-10-8-6-4-2-1-3-5-7-9-11-16/h12-16H,1-11H2,(H,24,27). The van der Waals surface area contributed by atoms with E-state index in [9.17, 15) is 4.79 Å². The molecule has 1 saturated carbocycles. The Bertz CT molecular complexity index is 707. The van der Waals surface area contributed by atoms with Crippen LogP contribution in [-0.4, -0.2) is 31.7 Å². The van der Waals surface area contributed by atoms with Gasteiger partial charge < -0.3 is 5.32 Å². The molecule has 0 saturated heterocycles. The maximum atomic E-state index is 12.9. The fraction of sp³-hybridized carbons (Fsp3) is 0.600. The molecule has 3 rings (SSSR count). The van der Waals surface area contributed by atoms with E-state index in [-0.39, 0.29) is 11.9 Å². The lowest BCUT2D eigenvalue weighted by Gasteiger charge is -2.20. The molecule has 146 valence electrons. The van der Waals surface area contributed by atoms with E-state index in [4.69, 9.17) is 0 Å². The molecule has 1 aliphatic rings. The molecule has 0 spiro atoms. The summed E-state index contributed by atoms with van der Waals surface area (Å²) in [7, 11) is 0. The number of carbonyl (C=O) groups is 1. The van der Waals surface area contributed by atoms with Crippen LogP contribution in [0.3, 0.4) is 0 Å². The van der Waals surface area contributed by atoms with Crippen LogP contribution in [0, 0.1) is 0 Å². The van der Waals surface area contributed by atoms with Crippen LogP contribution in [0.1, 0.15) is 81.1 Å². The van der Waals surface area contributed by atoms with Gasteiger partial charge in [-0.15, -0.1) is 10.2 Å². The van der Waals surface area contributed by atoms with Crippen LogP contribution in [0.4, 0.5) is 0 Å². The molecule has 0 aliphatic heterocycles. The van der Waals surface area contributed by atoms with Gasteiger partial charge >= 0.3 is 0 Å². The first-order valence-corrected chi connectivity index (χ1v) is 10.9. The highest BCUT2D eigenvalue weighted by atomic mass is 79.9. The maximum absolute atomic E-state index is 12.9. The molecule has 2 aromatic rings. The van der Waals surface area contributed by atoms with E-state index >= 15 is 0 Å². The first-order chi connectivity index (χ1) is 13.2. The number of carbonyl (C=O) groups excluding carboxylic acids is 1. The lowest BCUT2D eigenvalue weighted by Crippen LogP contribution is -2.35. The Morgan fingerprint density at radius 1 is 0.926 bits per heavy atom. The van der Waals surface area contributed by atoms with Crippen molar-refractivity contribution in [3.63, 3.8) is 0 Å². The summed E-state index contributed by atoms with van der Waals surface area (Å²) in [6.07, 6.45) is 16.8. The lowest BCUT2D eigenvalue weighted by molar-refractivity contribution is 0.0925. The zero-order chi connectivity index (χ0) is 18.9. The highest BCUT2D eigenvalue weighted by molar-refractivity contribution is 9.10. The summed E-state index contributed by atoms with van der Waals surface area (Å²) >= 11 is 3.47. The molecular formula is C20H28BrN5O. The molecule has 0 unspecified atom stereocenters. The van der Waals surface area contributed by atoms with Crippen molar-refractivity contribution >= 4 is 21.8 Å². The van der Waals surface area contributed by atoms with E-state index < -0.39 is 0 Å². The molecule has 1 N–H and O–H groups in total. The van der Waals surface area contributed by atoms with Crippen molar-refractivity contribution in [2.45, 2.75) is 76.7 Å². The van der Waals surface area contributed by atoms with Gasteiger partial charge in [-0.3, -0.25) is 9.36 Å². The number of pyridine rings is 1. The van der Waals surface area contributed by atoms with Crippen molar-refractivity contribution in [1.82, 2.24) is 25.1 Å². The van der Waals surface area contributed by atoms with Crippen LogP contribution < -0.4 is 5.32 Å². The van der Waals surface area contributed by atoms with Crippen LogP contribution in [0.25, 0.3) is 5.82 Å². The second-order valence-electron chi connectivity index (χ2n) is 7.30. The Hall–Kier alpha value is -1.76. The first-order valence-electron chi connectivity index (χ1n) is 10.1. The summed E-state index contributed by atoms with van der Waals surface area (Å²) in [6.45, 7) is 0. The van der Waals surface area contributed by atoms with E-state index in [1.165, 1.54) is 57.8 Å². The number of nitrogens with zero attached hydrogens (tertiary/aromatic N) is 4. The van der Waals surface area contributed by atoms with Gasteiger partial charge in [-0.1, -0.05) is 57.8 Å². The topological polar surface area (TPSA) is 72.7 Å². The summed E-state index contributed by atoms with van der Waals surface area (Å²) in [5.74, 6) is 0.515. The van der Waals surface area contributed by atoms with Crippen LogP contribution >= 0.6 is 15.9 Å². The van der Waals surface area contributed by atoms with E-state index in [1.54, 1.807) is 17.2 Å². The van der Waals surface area contributed by atoms with Crippen molar-refractivity contribution in [3.05, 3.63) is 35.0 Å². The predicted octanol–water partition coefficient (Wildman–Crippen LogP) is 4.83. The highest BCUT2D eigenvalue weighted by Gasteiger charge is 2.18. The molecule has 6 nitrogen and oxygen atoms in total. The smallest absolute Gasteiger partial charge is 0.271 e. The van der Waals surface area contributed by atoms with Crippen LogP contribution in [0.2, 0.25) is 0 Å². The molecule has 7 heteroatoms. The Kier molecular flexibility index (Phi) is 7.80. The zero-order valence-corrected chi connectivity index (χ0v) is 17.3. The highest BCUT2D eigenvalue weighted by Crippen LogP contribution is 2.20. The van der Waals surface area contributed by atoms with Crippen molar-refractivity contribution in [2.75, 3.05) is 0 Å². The molecule has 1 aliphatic carbocycles. The minimum absolute atomic E-state index is 0.117. The van der Waals surface area contributed by atoms with E-state index in [1.807, 2.05) is 12.1 Å². The Balaban J connectivity index is 1.66. The van der Waals surface area contributed by atoms with Gasteiger partial charge in [-0.2, -0.15) is 0 Å².